The second-order valence-electron chi connectivity index (χ2n) is 21.6. The molecule has 0 radical (unpaired) electrons. The van der Waals surface area contributed by atoms with Crippen molar-refractivity contribution in [2.75, 3.05) is 6.61 Å². The van der Waals surface area contributed by atoms with Crippen LogP contribution in [0.5, 0.6) is 5.75 Å². The Kier molecular flexibility index (Phi) is 12.3. The van der Waals surface area contributed by atoms with Gasteiger partial charge in [-0.25, -0.2) is 0 Å². The Bertz CT molecular complexity index is 3200. The zero-order chi connectivity index (χ0) is 48.0. The molecule has 352 valence electrons. The van der Waals surface area contributed by atoms with Crippen molar-refractivity contribution < 1.29 is 4.74 Å². The number of ether oxygens (including phenoxy) is 1. The Balaban J connectivity index is 1.09. The van der Waals surface area contributed by atoms with Gasteiger partial charge < -0.3 is 4.74 Å². The van der Waals surface area contributed by atoms with E-state index < -0.39 is 5.41 Å². The van der Waals surface area contributed by atoms with Crippen LogP contribution < -0.4 is 4.74 Å². The largest absolute Gasteiger partial charge is 0.494 e. The summed E-state index contributed by atoms with van der Waals surface area (Å²) < 4.78 is 6.42. The van der Waals surface area contributed by atoms with Crippen LogP contribution in [-0.2, 0) is 16.2 Å². The number of benzene rings is 8. The number of unbranched alkanes of at least 4 members (excludes halogenated alkanes) is 8. The van der Waals surface area contributed by atoms with Gasteiger partial charge in [0.05, 0.1) is 12.0 Å². The number of fused-ring (bicyclic) bond motifs is 9. The third kappa shape index (κ3) is 7.58. The average molecular weight is 915 g/mol. The normalized spacial score (nSPS) is 17.6. The summed E-state index contributed by atoms with van der Waals surface area (Å²) in [6.07, 6.45) is 13.7. The number of aryl methyl sites for hydroxylation is 1. The van der Waals surface area contributed by atoms with Crippen LogP contribution in [-0.4, -0.2) is 6.61 Å². The van der Waals surface area contributed by atoms with E-state index >= 15 is 0 Å². The third-order valence-electron chi connectivity index (χ3n) is 16.9. The predicted molar refractivity (Wildman–Crippen MR) is 296 cm³/mol. The summed E-state index contributed by atoms with van der Waals surface area (Å²) in [5.74, 6) is 0.935. The summed E-state index contributed by atoms with van der Waals surface area (Å²) in [4.78, 5) is 0. The highest BCUT2D eigenvalue weighted by Crippen LogP contribution is 2.60. The van der Waals surface area contributed by atoms with Gasteiger partial charge >= 0.3 is 0 Å². The van der Waals surface area contributed by atoms with E-state index in [0.29, 0.717) is 0 Å². The second kappa shape index (κ2) is 18.7. The smallest absolute Gasteiger partial charge is 0.119 e. The topological polar surface area (TPSA) is 9.23 Å². The lowest BCUT2D eigenvalue weighted by Gasteiger charge is -2.34. The van der Waals surface area contributed by atoms with E-state index in [-0.39, 0.29) is 10.8 Å². The minimum absolute atomic E-state index is 0.0469. The molecule has 0 fully saturated rings. The molecule has 2 unspecified atom stereocenters. The Morgan fingerprint density at radius 3 is 1.61 bits per heavy atom. The van der Waals surface area contributed by atoms with Crippen molar-refractivity contribution in [1.29, 1.82) is 0 Å². The lowest BCUT2D eigenvalue weighted by Crippen LogP contribution is -2.28. The summed E-state index contributed by atoms with van der Waals surface area (Å²) in [6.45, 7) is 14.8. The van der Waals surface area contributed by atoms with Gasteiger partial charge in [0, 0.05) is 10.8 Å². The molecule has 0 amide bonds. The molecule has 8 aromatic carbocycles. The van der Waals surface area contributed by atoms with Gasteiger partial charge in [-0.05, 0) is 150 Å². The molecule has 0 N–H and O–H groups in total. The summed E-state index contributed by atoms with van der Waals surface area (Å²) in [7, 11) is 0. The Labute approximate surface area is 419 Å². The number of rotatable bonds is 17. The summed E-state index contributed by atoms with van der Waals surface area (Å²) in [5.41, 5.74) is 24.7. The molecule has 0 saturated carbocycles. The SMILES string of the molecule is CCCCCCCCC1(C)c2ccccc2-c2ccc(-c3cccc4c3-c3ccc(-c5ccc6c(c5)C(C)(C)c5ccccc5-6)cc3C4(c3ccc(C)cc3)c3ccc(OCCCCCC)cc3)cc21. The van der Waals surface area contributed by atoms with E-state index in [4.69, 9.17) is 4.74 Å². The van der Waals surface area contributed by atoms with Crippen LogP contribution >= 0.6 is 0 Å². The van der Waals surface area contributed by atoms with Crippen LogP contribution in [0.3, 0.4) is 0 Å². The molecular formula is C69H70O. The first-order valence-electron chi connectivity index (χ1n) is 26.8. The summed E-state index contributed by atoms with van der Waals surface area (Å²) in [6, 6.07) is 66.0. The fraction of sp³-hybridized carbons (Fsp3) is 0.304. The maximum Gasteiger partial charge on any atom is 0.119 e. The first kappa shape index (κ1) is 46.0. The van der Waals surface area contributed by atoms with Crippen LogP contribution in [0.1, 0.15) is 155 Å². The van der Waals surface area contributed by atoms with Crippen LogP contribution in [0.2, 0.25) is 0 Å². The lowest BCUT2D eigenvalue weighted by molar-refractivity contribution is 0.305. The Morgan fingerprint density at radius 2 is 0.900 bits per heavy atom. The zero-order valence-electron chi connectivity index (χ0n) is 42.6. The molecule has 0 aromatic heterocycles. The van der Waals surface area contributed by atoms with Crippen LogP contribution in [0.4, 0.5) is 0 Å². The third-order valence-corrected chi connectivity index (χ3v) is 16.9. The minimum atomic E-state index is -0.588. The van der Waals surface area contributed by atoms with Gasteiger partial charge in [0.1, 0.15) is 5.75 Å². The zero-order valence-corrected chi connectivity index (χ0v) is 42.6. The van der Waals surface area contributed by atoms with Crippen molar-refractivity contribution in [3.8, 4) is 61.4 Å². The maximum atomic E-state index is 6.42. The van der Waals surface area contributed by atoms with Crippen LogP contribution in [0.25, 0.3) is 55.6 Å². The average Bonchev–Trinajstić information content (AvgIpc) is 3.92. The number of hydrogen-bond acceptors (Lipinski definition) is 1. The lowest BCUT2D eigenvalue weighted by atomic mass is 9.67. The molecule has 3 aliphatic rings. The van der Waals surface area contributed by atoms with Crippen molar-refractivity contribution in [3.63, 3.8) is 0 Å². The summed E-state index contributed by atoms with van der Waals surface area (Å²) >= 11 is 0. The van der Waals surface area contributed by atoms with Crippen molar-refractivity contribution in [2.45, 2.75) is 128 Å². The van der Waals surface area contributed by atoms with Crippen molar-refractivity contribution in [2.24, 2.45) is 0 Å². The van der Waals surface area contributed by atoms with Gasteiger partial charge in [0.25, 0.3) is 0 Å². The minimum Gasteiger partial charge on any atom is -0.494 e. The van der Waals surface area contributed by atoms with Gasteiger partial charge in [0.15, 0.2) is 0 Å². The highest BCUT2D eigenvalue weighted by Gasteiger charge is 2.48. The van der Waals surface area contributed by atoms with E-state index in [2.05, 4.69) is 211 Å². The molecule has 2 atom stereocenters. The molecule has 8 aromatic rings. The molecule has 0 spiro atoms. The highest BCUT2D eigenvalue weighted by molar-refractivity contribution is 5.98. The van der Waals surface area contributed by atoms with Gasteiger partial charge in [-0.3, -0.25) is 0 Å². The monoisotopic (exact) mass is 915 g/mol. The van der Waals surface area contributed by atoms with E-state index in [1.54, 1.807) is 0 Å². The van der Waals surface area contributed by atoms with Gasteiger partial charge in [-0.2, -0.15) is 0 Å². The molecule has 3 aliphatic carbocycles. The standard InChI is InChI=1S/C69H70O/c1-7-9-11-13-14-19-42-68(6)61-26-18-16-23-56(61)58-40-32-50(46-64(58)68)54-24-21-27-62-66(54)59-41-31-49(48-30-39-57-55-22-15-17-25-60(55)67(4,5)63(57)44-48)45-65(59)69(62,51-33-28-47(3)29-34-51)52-35-37-53(38-36-52)70-43-20-12-10-8-2/h15-18,21-41,44-46H,7-14,19-20,42-43H2,1-6H3. The molecule has 1 heteroatoms. The van der Waals surface area contributed by atoms with Gasteiger partial charge in [-0.1, -0.05) is 237 Å². The van der Waals surface area contributed by atoms with E-state index in [1.165, 1.54) is 163 Å². The first-order chi connectivity index (χ1) is 34.2. The Morgan fingerprint density at radius 1 is 0.386 bits per heavy atom. The van der Waals surface area contributed by atoms with Gasteiger partial charge in [-0.15, -0.1) is 0 Å². The van der Waals surface area contributed by atoms with Crippen LogP contribution in [0, 0.1) is 6.92 Å². The fourth-order valence-corrected chi connectivity index (χ4v) is 13.1. The predicted octanol–water partition coefficient (Wildman–Crippen LogP) is 19.0. The quantitative estimate of drug-likeness (QED) is 0.0827. The molecule has 1 nitrogen and oxygen atoms in total. The highest BCUT2D eigenvalue weighted by atomic mass is 16.5. The van der Waals surface area contributed by atoms with E-state index in [0.717, 1.165) is 25.2 Å². The van der Waals surface area contributed by atoms with E-state index in [9.17, 15) is 0 Å². The van der Waals surface area contributed by atoms with Crippen molar-refractivity contribution >= 4 is 0 Å². The molecule has 0 saturated heterocycles. The van der Waals surface area contributed by atoms with E-state index in [1.807, 2.05) is 0 Å². The summed E-state index contributed by atoms with van der Waals surface area (Å²) in [5, 5.41) is 0. The first-order valence-corrected chi connectivity index (χ1v) is 26.8. The maximum absolute atomic E-state index is 6.42. The van der Waals surface area contributed by atoms with Crippen molar-refractivity contribution in [1.82, 2.24) is 0 Å². The van der Waals surface area contributed by atoms with Crippen LogP contribution in [0.15, 0.2) is 170 Å². The molecule has 0 heterocycles. The van der Waals surface area contributed by atoms with Gasteiger partial charge in [0.2, 0.25) is 0 Å². The molecular weight excluding hydrogens is 845 g/mol. The number of hydrogen-bond donors (Lipinski definition) is 0. The second-order valence-corrected chi connectivity index (χ2v) is 21.6. The fourth-order valence-electron chi connectivity index (χ4n) is 13.1. The molecule has 0 bridgehead atoms. The molecule has 11 rings (SSSR count). The van der Waals surface area contributed by atoms with Crippen molar-refractivity contribution in [3.05, 3.63) is 220 Å². The molecule has 0 aliphatic heterocycles. The Hall–Kier alpha value is -6.44. The molecule has 70 heavy (non-hydrogen) atoms.